The van der Waals surface area contributed by atoms with Gasteiger partial charge in [0.15, 0.2) is 0 Å². The first-order valence-electron chi connectivity index (χ1n) is 7.87. The lowest BCUT2D eigenvalue weighted by Crippen LogP contribution is -2.33. The van der Waals surface area contributed by atoms with Crippen molar-refractivity contribution >= 4 is 5.78 Å². The van der Waals surface area contributed by atoms with E-state index >= 15 is 0 Å². The minimum absolute atomic E-state index is 0.189. The van der Waals surface area contributed by atoms with E-state index in [4.69, 9.17) is 0 Å². The lowest BCUT2D eigenvalue weighted by atomic mass is 9.68. The smallest absolute Gasteiger partial charge is 0.136 e. The van der Waals surface area contributed by atoms with Gasteiger partial charge in [0.05, 0.1) is 5.69 Å². The van der Waals surface area contributed by atoms with E-state index in [1.54, 1.807) is 0 Å². The van der Waals surface area contributed by atoms with E-state index in [-0.39, 0.29) is 5.92 Å². The van der Waals surface area contributed by atoms with Gasteiger partial charge in [0, 0.05) is 24.6 Å². The molecule has 1 aromatic heterocycles. The molecule has 0 aliphatic heterocycles. The molecule has 1 aliphatic carbocycles. The Kier molecular flexibility index (Phi) is 4.36. The molecule has 0 N–H and O–H groups in total. The van der Waals surface area contributed by atoms with Crippen LogP contribution in [0.25, 0.3) is 0 Å². The van der Waals surface area contributed by atoms with Gasteiger partial charge >= 0.3 is 0 Å². The van der Waals surface area contributed by atoms with Gasteiger partial charge in [-0.15, -0.1) is 0 Å². The van der Waals surface area contributed by atoms with E-state index in [1.165, 1.54) is 5.69 Å². The molecule has 1 fully saturated rings. The number of rotatable bonds is 3. The maximum Gasteiger partial charge on any atom is 0.136 e. The molecule has 1 heterocycles. The molecule has 0 bridgehead atoms. The third-order valence-electron chi connectivity index (χ3n) is 4.73. The second-order valence-corrected chi connectivity index (χ2v) is 7.30. The van der Waals surface area contributed by atoms with Gasteiger partial charge in [-0.3, -0.25) is 9.48 Å². The summed E-state index contributed by atoms with van der Waals surface area (Å²) in [5.41, 5.74) is 2.58. The summed E-state index contributed by atoms with van der Waals surface area (Å²) in [4.78, 5) is 12.2. The van der Waals surface area contributed by atoms with Gasteiger partial charge in [-0.1, -0.05) is 20.8 Å². The van der Waals surface area contributed by atoms with Gasteiger partial charge in [-0.05, 0) is 50.5 Å². The van der Waals surface area contributed by atoms with E-state index in [0.717, 1.165) is 37.9 Å². The summed E-state index contributed by atoms with van der Waals surface area (Å²) in [6, 6.07) is 2.14. The van der Waals surface area contributed by atoms with Gasteiger partial charge in [0.1, 0.15) is 5.78 Å². The zero-order valence-corrected chi connectivity index (χ0v) is 13.6. The molecule has 1 aromatic rings. The first-order valence-corrected chi connectivity index (χ1v) is 7.87. The summed E-state index contributed by atoms with van der Waals surface area (Å²) >= 11 is 0. The van der Waals surface area contributed by atoms with Crippen LogP contribution in [0, 0.1) is 24.2 Å². The number of carbonyl (C=O) groups excluding carboxylic acids is 1. The molecule has 3 nitrogen and oxygen atoms in total. The van der Waals surface area contributed by atoms with Crippen molar-refractivity contribution in [1.82, 2.24) is 9.78 Å². The van der Waals surface area contributed by atoms with Crippen LogP contribution in [0.15, 0.2) is 6.07 Å². The number of hydrogen-bond donors (Lipinski definition) is 0. The van der Waals surface area contributed by atoms with Crippen LogP contribution in [0.2, 0.25) is 0 Å². The van der Waals surface area contributed by atoms with Crippen molar-refractivity contribution in [1.29, 1.82) is 0 Å². The number of hydrogen-bond acceptors (Lipinski definition) is 2. The third-order valence-corrected chi connectivity index (χ3v) is 4.73. The van der Waals surface area contributed by atoms with Crippen molar-refractivity contribution in [2.75, 3.05) is 0 Å². The highest BCUT2D eigenvalue weighted by atomic mass is 16.1. The van der Waals surface area contributed by atoms with E-state index in [1.807, 2.05) is 11.6 Å². The van der Waals surface area contributed by atoms with Gasteiger partial charge in [0.25, 0.3) is 0 Å². The van der Waals surface area contributed by atoms with Crippen LogP contribution in [0.5, 0.6) is 0 Å². The summed E-state index contributed by atoms with van der Waals surface area (Å²) in [5, 5.41) is 4.49. The summed E-state index contributed by atoms with van der Waals surface area (Å²) < 4.78 is 2.04. The summed E-state index contributed by atoms with van der Waals surface area (Å²) in [7, 11) is 0. The van der Waals surface area contributed by atoms with E-state index in [9.17, 15) is 4.79 Å². The van der Waals surface area contributed by atoms with Crippen LogP contribution in [0.1, 0.15) is 58.3 Å². The topological polar surface area (TPSA) is 34.9 Å². The fourth-order valence-corrected chi connectivity index (χ4v) is 3.39. The van der Waals surface area contributed by atoms with E-state index in [0.29, 0.717) is 17.1 Å². The molecule has 0 saturated heterocycles. The minimum Gasteiger partial charge on any atom is -0.299 e. The molecule has 2 unspecified atom stereocenters. The van der Waals surface area contributed by atoms with Crippen LogP contribution >= 0.6 is 0 Å². The van der Waals surface area contributed by atoms with Crippen LogP contribution in [-0.2, 0) is 17.8 Å². The molecule has 2 atom stereocenters. The molecule has 1 saturated carbocycles. The Morgan fingerprint density at radius 1 is 1.40 bits per heavy atom. The number of ketones is 1. The maximum atomic E-state index is 12.2. The molecule has 3 heteroatoms. The van der Waals surface area contributed by atoms with Gasteiger partial charge in [-0.25, -0.2) is 0 Å². The van der Waals surface area contributed by atoms with E-state index in [2.05, 4.69) is 38.9 Å². The number of aryl methyl sites for hydroxylation is 2. The highest BCUT2D eigenvalue weighted by molar-refractivity contribution is 5.82. The lowest BCUT2D eigenvalue weighted by molar-refractivity contribution is -0.126. The van der Waals surface area contributed by atoms with Crippen molar-refractivity contribution in [3.63, 3.8) is 0 Å². The molecular formula is C17H28N2O. The van der Waals surface area contributed by atoms with Crippen LogP contribution in [0.4, 0.5) is 0 Å². The molecule has 20 heavy (non-hydrogen) atoms. The Bertz CT molecular complexity index is 482. The highest BCUT2D eigenvalue weighted by Crippen LogP contribution is 2.39. The summed E-state index contributed by atoms with van der Waals surface area (Å²) in [5.74, 6) is 1.30. The van der Waals surface area contributed by atoms with Crippen molar-refractivity contribution in [2.45, 2.75) is 66.8 Å². The van der Waals surface area contributed by atoms with Gasteiger partial charge in [-0.2, -0.15) is 5.10 Å². The maximum absolute atomic E-state index is 12.2. The lowest BCUT2D eigenvalue weighted by Gasteiger charge is -2.37. The fourth-order valence-electron chi connectivity index (χ4n) is 3.39. The third kappa shape index (κ3) is 3.31. The number of nitrogens with zero attached hydrogens (tertiary/aromatic N) is 2. The average Bonchev–Trinajstić information content (AvgIpc) is 2.71. The SMILES string of the molecule is CCn1nc(C)cc1CC1CC(C(C)(C)C)CCC1=O. The Morgan fingerprint density at radius 3 is 2.70 bits per heavy atom. The predicted octanol–water partition coefficient (Wildman–Crippen LogP) is 3.79. The Morgan fingerprint density at radius 2 is 2.10 bits per heavy atom. The zero-order valence-electron chi connectivity index (χ0n) is 13.6. The first kappa shape index (κ1) is 15.3. The second kappa shape index (κ2) is 5.71. The number of Topliss-reactive ketones (excluding diaryl/α,β-unsaturated/α-hetero) is 1. The Hall–Kier alpha value is -1.12. The summed E-state index contributed by atoms with van der Waals surface area (Å²) in [6.07, 6.45) is 3.72. The largest absolute Gasteiger partial charge is 0.299 e. The normalized spacial score (nSPS) is 24.1. The number of carbonyl (C=O) groups is 1. The van der Waals surface area contributed by atoms with Gasteiger partial charge < -0.3 is 0 Å². The Labute approximate surface area is 122 Å². The quantitative estimate of drug-likeness (QED) is 0.842. The van der Waals surface area contributed by atoms with Crippen molar-refractivity contribution < 1.29 is 4.79 Å². The predicted molar refractivity (Wildman–Crippen MR) is 81.6 cm³/mol. The van der Waals surface area contributed by atoms with Gasteiger partial charge in [0.2, 0.25) is 0 Å². The standard InChI is InChI=1S/C17H28N2O/c1-6-19-15(9-12(2)18-19)11-13-10-14(17(3,4)5)7-8-16(13)20/h9,13-14H,6-8,10-11H2,1-5H3. The van der Waals surface area contributed by atoms with Crippen LogP contribution < -0.4 is 0 Å². The molecular weight excluding hydrogens is 248 g/mol. The van der Waals surface area contributed by atoms with Crippen molar-refractivity contribution in [3.8, 4) is 0 Å². The fraction of sp³-hybridized carbons (Fsp3) is 0.765. The molecule has 1 aliphatic rings. The molecule has 0 radical (unpaired) electrons. The number of aromatic nitrogens is 2. The Balaban J connectivity index is 2.12. The molecule has 0 spiro atoms. The van der Waals surface area contributed by atoms with Crippen molar-refractivity contribution in [2.24, 2.45) is 17.3 Å². The first-order chi connectivity index (χ1) is 9.31. The summed E-state index contributed by atoms with van der Waals surface area (Å²) in [6.45, 7) is 11.9. The average molecular weight is 276 g/mol. The molecule has 112 valence electrons. The molecule has 0 aromatic carbocycles. The highest BCUT2D eigenvalue weighted by Gasteiger charge is 2.35. The van der Waals surface area contributed by atoms with Crippen LogP contribution in [-0.4, -0.2) is 15.6 Å². The van der Waals surface area contributed by atoms with Crippen LogP contribution in [0.3, 0.4) is 0 Å². The molecule has 0 amide bonds. The van der Waals surface area contributed by atoms with E-state index < -0.39 is 0 Å². The van der Waals surface area contributed by atoms with Crippen molar-refractivity contribution in [3.05, 3.63) is 17.5 Å². The molecule has 2 rings (SSSR count). The monoisotopic (exact) mass is 276 g/mol. The minimum atomic E-state index is 0.189. The second-order valence-electron chi connectivity index (χ2n) is 7.30. The zero-order chi connectivity index (χ0) is 14.9.